The summed E-state index contributed by atoms with van der Waals surface area (Å²) in [5, 5.41) is 11.3. The second-order valence-electron chi connectivity index (χ2n) is 9.62. The van der Waals surface area contributed by atoms with Gasteiger partial charge in [0.25, 0.3) is 0 Å². The number of hydrogen-bond acceptors (Lipinski definition) is 2. The summed E-state index contributed by atoms with van der Waals surface area (Å²) in [6.07, 6.45) is 4.97. The fourth-order valence-electron chi connectivity index (χ4n) is 5.26. The van der Waals surface area contributed by atoms with Gasteiger partial charge in [-0.2, -0.15) is 0 Å². The quantitative estimate of drug-likeness (QED) is 0.370. The van der Waals surface area contributed by atoms with Gasteiger partial charge in [-0.3, -0.25) is 4.79 Å². The molecule has 1 N–H and O–H groups in total. The molecule has 1 heterocycles. The maximum Gasteiger partial charge on any atom is 0.229 e. The summed E-state index contributed by atoms with van der Waals surface area (Å²) in [6.45, 7) is 9.92. The van der Waals surface area contributed by atoms with Gasteiger partial charge in [-0.1, -0.05) is 67.4 Å². The molecule has 5 heteroatoms. The maximum absolute atomic E-state index is 14.1. The van der Waals surface area contributed by atoms with E-state index in [1.165, 1.54) is 0 Å². The molecule has 1 saturated heterocycles. The lowest BCUT2D eigenvalue weighted by molar-refractivity contribution is -0.155. The molecule has 0 saturated carbocycles. The van der Waals surface area contributed by atoms with Gasteiger partial charge in [0, 0.05) is 22.0 Å². The van der Waals surface area contributed by atoms with Crippen LogP contribution >= 0.6 is 23.2 Å². The number of benzene rings is 2. The van der Waals surface area contributed by atoms with Gasteiger partial charge in [0.05, 0.1) is 17.6 Å². The average molecular weight is 488 g/mol. The number of likely N-dealkylation sites (tertiary alicyclic amines) is 1. The lowest BCUT2D eigenvalue weighted by Gasteiger charge is -2.52. The van der Waals surface area contributed by atoms with Crippen molar-refractivity contribution in [3.05, 3.63) is 82.4 Å². The third-order valence-corrected chi connectivity index (χ3v) is 7.45. The first-order valence-electron chi connectivity index (χ1n) is 11.8. The maximum atomic E-state index is 14.1. The van der Waals surface area contributed by atoms with Gasteiger partial charge in [-0.05, 0) is 74.4 Å². The molecular weight excluding hydrogens is 453 g/mol. The molecule has 5 atom stereocenters. The average Bonchev–Trinajstić information content (AvgIpc) is 2.77. The summed E-state index contributed by atoms with van der Waals surface area (Å²) in [5.74, 6) is 0.214. The van der Waals surface area contributed by atoms with Crippen LogP contribution in [0, 0.1) is 5.41 Å². The number of nitrogens with zero attached hydrogens (tertiary/aromatic N) is 1. The fraction of sp³-hybridized carbons (Fsp3) is 0.464. The third-order valence-electron chi connectivity index (χ3n) is 6.97. The minimum absolute atomic E-state index is 0.0129. The number of hydrogen-bond donors (Lipinski definition) is 1. The molecule has 33 heavy (non-hydrogen) atoms. The van der Waals surface area contributed by atoms with E-state index in [0.29, 0.717) is 29.3 Å². The minimum atomic E-state index is -0.560. The normalized spacial score (nSPS) is 25.0. The van der Waals surface area contributed by atoms with E-state index < -0.39 is 11.5 Å². The topological polar surface area (TPSA) is 40.5 Å². The lowest BCUT2D eigenvalue weighted by Crippen LogP contribution is -2.55. The van der Waals surface area contributed by atoms with Crippen LogP contribution in [0.25, 0.3) is 0 Å². The third kappa shape index (κ3) is 5.82. The first-order valence-corrected chi connectivity index (χ1v) is 12.6. The predicted molar refractivity (Wildman–Crippen MR) is 138 cm³/mol. The summed E-state index contributed by atoms with van der Waals surface area (Å²) >= 11 is 12.6. The summed E-state index contributed by atoms with van der Waals surface area (Å²) in [6, 6.07) is 15.7. The Bertz CT molecular complexity index is 959. The van der Waals surface area contributed by atoms with Crippen molar-refractivity contribution in [2.24, 2.45) is 5.41 Å². The van der Waals surface area contributed by atoms with E-state index in [1.807, 2.05) is 48.5 Å². The van der Waals surface area contributed by atoms with Crippen molar-refractivity contribution in [3.8, 4) is 0 Å². The zero-order valence-corrected chi connectivity index (χ0v) is 21.3. The van der Waals surface area contributed by atoms with Gasteiger partial charge in [0.15, 0.2) is 0 Å². The van der Waals surface area contributed by atoms with Crippen molar-refractivity contribution in [1.29, 1.82) is 0 Å². The van der Waals surface area contributed by atoms with Crippen LogP contribution in [0.4, 0.5) is 0 Å². The molecule has 3 rings (SSSR count). The molecule has 0 spiro atoms. The van der Waals surface area contributed by atoms with Gasteiger partial charge < -0.3 is 10.0 Å². The van der Waals surface area contributed by atoms with Crippen molar-refractivity contribution < 1.29 is 9.90 Å². The number of halogens is 2. The monoisotopic (exact) mass is 487 g/mol. The molecule has 1 amide bonds. The highest BCUT2D eigenvalue weighted by Gasteiger charge is 2.50. The first kappa shape index (κ1) is 25.8. The van der Waals surface area contributed by atoms with Crippen LogP contribution in [0.15, 0.2) is 61.2 Å². The van der Waals surface area contributed by atoms with E-state index in [4.69, 9.17) is 23.2 Å². The Hall–Kier alpha value is -1.81. The Balaban J connectivity index is 2.19. The number of allylic oxidation sites excluding steroid dienone is 1. The number of carbonyl (C=O) groups excluding carboxylic acids is 1. The molecule has 2 aromatic carbocycles. The van der Waals surface area contributed by atoms with Gasteiger partial charge in [-0.25, -0.2) is 0 Å². The van der Waals surface area contributed by atoms with Gasteiger partial charge >= 0.3 is 0 Å². The number of amides is 1. The summed E-state index contributed by atoms with van der Waals surface area (Å²) in [5.41, 5.74) is 1.63. The van der Waals surface area contributed by atoms with Gasteiger partial charge in [0.1, 0.15) is 0 Å². The highest BCUT2D eigenvalue weighted by Crippen LogP contribution is 2.52. The Labute approximate surface area is 208 Å². The number of rotatable bonds is 9. The van der Waals surface area contributed by atoms with Crippen LogP contribution in [-0.2, 0) is 4.79 Å². The van der Waals surface area contributed by atoms with Crippen molar-refractivity contribution in [2.45, 2.75) is 77.0 Å². The highest BCUT2D eigenvalue weighted by atomic mass is 35.5. The predicted octanol–water partition coefficient (Wildman–Crippen LogP) is 7.57. The van der Waals surface area contributed by atoms with Crippen LogP contribution in [0.3, 0.4) is 0 Å². The molecule has 0 bridgehead atoms. The Morgan fingerprint density at radius 2 is 1.85 bits per heavy atom. The van der Waals surface area contributed by atoms with Crippen molar-refractivity contribution >= 4 is 29.1 Å². The van der Waals surface area contributed by atoms with E-state index >= 15 is 0 Å². The summed E-state index contributed by atoms with van der Waals surface area (Å²) < 4.78 is 0. The van der Waals surface area contributed by atoms with Crippen LogP contribution in [0.2, 0.25) is 10.0 Å². The van der Waals surface area contributed by atoms with Crippen LogP contribution in [-0.4, -0.2) is 28.1 Å². The minimum Gasteiger partial charge on any atom is -0.393 e. The molecule has 1 aliphatic rings. The highest BCUT2D eigenvalue weighted by molar-refractivity contribution is 6.30. The molecule has 0 radical (unpaired) electrons. The molecule has 1 aliphatic heterocycles. The van der Waals surface area contributed by atoms with E-state index in [-0.39, 0.29) is 23.9 Å². The number of carbonyl (C=O) groups is 1. The van der Waals surface area contributed by atoms with Crippen molar-refractivity contribution in [3.63, 3.8) is 0 Å². The molecule has 0 aromatic heterocycles. The summed E-state index contributed by atoms with van der Waals surface area (Å²) in [7, 11) is 0. The number of piperidine rings is 1. The Morgan fingerprint density at radius 1 is 1.15 bits per heavy atom. The lowest BCUT2D eigenvalue weighted by atomic mass is 9.67. The fourth-order valence-corrected chi connectivity index (χ4v) is 5.59. The second-order valence-corrected chi connectivity index (χ2v) is 10.5. The standard InChI is InChI=1S/C28H35Cl2NO2/c1-5-16-28(4)18-25(21-8-7-9-23(30)17-21)26(20-11-13-22(29)14-12-20)31(27(28)33)24(6-2)15-10-19(3)32/h5,7-9,11-14,17,19,24-26,32H,1,6,10,15-16,18H2,2-4H3/t19-,24?,25+,26+,28-/m0/s1. The van der Waals surface area contributed by atoms with E-state index in [0.717, 1.165) is 24.0 Å². The first-order chi connectivity index (χ1) is 15.7. The molecular formula is C28H35Cl2NO2. The Kier molecular flexibility index (Phi) is 8.66. The Morgan fingerprint density at radius 3 is 2.42 bits per heavy atom. The zero-order valence-electron chi connectivity index (χ0n) is 19.8. The van der Waals surface area contributed by atoms with Crippen LogP contribution < -0.4 is 0 Å². The molecule has 1 fully saturated rings. The molecule has 2 aromatic rings. The van der Waals surface area contributed by atoms with Crippen LogP contribution in [0.5, 0.6) is 0 Å². The van der Waals surface area contributed by atoms with Crippen molar-refractivity contribution in [1.82, 2.24) is 4.90 Å². The van der Waals surface area contributed by atoms with E-state index in [1.54, 1.807) is 6.92 Å². The summed E-state index contributed by atoms with van der Waals surface area (Å²) in [4.78, 5) is 16.2. The molecule has 0 aliphatic carbocycles. The molecule has 1 unspecified atom stereocenters. The molecule has 3 nitrogen and oxygen atoms in total. The SMILES string of the molecule is C=CC[C@@]1(C)C[C@H](c2cccc(Cl)c2)[C@@H](c2ccc(Cl)cc2)N(C(CC)CC[C@H](C)O)C1=O. The van der Waals surface area contributed by atoms with Gasteiger partial charge in [-0.15, -0.1) is 6.58 Å². The van der Waals surface area contributed by atoms with E-state index in [9.17, 15) is 9.90 Å². The largest absolute Gasteiger partial charge is 0.393 e. The van der Waals surface area contributed by atoms with E-state index in [2.05, 4.69) is 31.4 Å². The number of aliphatic hydroxyl groups is 1. The van der Waals surface area contributed by atoms with Gasteiger partial charge in [0.2, 0.25) is 5.91 Å². The van der Waals surface area contributed by atoms with Crippen LogP contribution in [0.1, 0.15) is 76.0 Å². The van der Waals surface area contributed by atoms with Crippen molar-refractivity contribution in [2.75, 3.05) is 0 Å². The molecule has 178 valence electrons. The zero-order chi connectivity index (χ0) is 24.2. The second kappa shape index (κ2) is 11.1. The number of aliphatic hydroxyl groups excluding tert-OH is 1. The smallest absolute Gasteiger partial charge is 0.229 e.